The molecule has 1 aliphatic carbocycles. The normalized spacial score (nSPS) is 15.1. The molecule has 0 aromatic heterocycles. The number of amides is 1. The zero-order valence-electron chi connectivity index (χ0n) is 13.2. The van der Waals surface area contributed by atoms with Crippen LogP contribution < -0.4 is 11.1 Å². The van der Waals surface area contributed by atoms with Gasteiger partial charge in [-0.05, 0) is 37.0 Å². The van der Waals surface area contributed by atoms with Gasteiger partial charge in [-0.1, -0.05) is 25.7 Å². The molecule has 0 unspecified atom stereocenters. The van der Waals surface area contributed by atoms with E-state index < -0.39 is 0 Å². The monoisotopic (exact) mass is 289 g/mol. The molecular weight excluding hydrogens is 262 g/mol. The minimum Gasteiger partial charge on any atom is -0.397 e. The third kappa shape index (κ3) is 4.38. The molecule has 0 saturated heterocycles. The van der Waals surface area contributed by atoms with Crippen LogP contribution in [0.2, 0.25) is 0 Å². The summed E-state index contributed by atoms with van der Waals surface area (Å²) in [5, 5.41) is 3.38. The highest BCUT2D eigenvalue weighted by atomic mass is 16.2. The summed E-state index contributed by atoms with van der Waals surface area (Å²) in [7, 11) is 3.51. The van der Waals surface area contributed by atoms with Crippen LogP contribution in [0.5, 0.6) is 0 Å². The molecule has 21 heavy (non-hydrogen) atoms. The average molecular weight is 289 g/mol. The number of nitrogen functional groups attached to an aromatic ring is 1. The van der Waals surface area contributed by atoms with Gasteiger partial charge in [0.2, 0.25) is 0 Å². The number of nitrogens with zero attached hydrogens (tertiary/aromatic N) is 1. The Morgan fingerprint density at radius 1 is 1.33 bits per heavy atom. The number of benzene rings is 1. The molecule has 0 atom stereocenters. The number of hydrogen-bond acceptors (Lipinski definition) is 3. The molecule has 0 aliphatic heterocycles. The Bertz CT molecular complexity index is 479. The fraction of sp³-hybridized carbons (Fsp3) is 0.588. The van der Waals surface area contributed by atoms with Gasteiger partial charge in [-0.2, -0.15) is 0 Å². The molecule has 0 spiro atoms. The van der Waals surface area contributed by atoms with Gasteiger partial charge < -0.3 is 16.0 Å². The van der Waals surface area contributed by atoms with Crippen LogP contribution in [0.25, 0.3) is 0 Å². The van der Waals surface area contributed by atoms with Gasteiger partial charge in [0.05, 0.1) is 11.4 Å². The highest BCUT2D eigenvalue weighted by Crippen LogP contribution is 2.28. The first-order valence-corrected chi connectivity index (χ1v) is 7.93. The van der Waals surface area contributed by atoms with Crippen LogP contribution in [0.4, 0.5) is 11.4 Å². The van der Waals surface area contributed by atoms with Gasteiger partial charge in [0.1, 0.15) is 0 Å². The quantitative estimate of drug-likeness (QED) is 0.623. The van der Waals surface area contributed by atoms with E-state index >= 15 is 0 Å². The first-order chi connectivity index (χ1) is 10.1. The van der Waals surface area contributed by atoms with E-state index in [0.717, 1.165) is 24.6 Å². The Morgan fingerprint density at radius 2 is 2.05 bits per heavy atom. The van der Waals surface area contributed by atoms with Crippen molar-refractivity contribution in [2.75, 3.05) is 31.7 Å². The fourth-order valence-electron chi connectivity index (χ4n) is 3.01. The molecule has 4 nitrogen and oxygen atoms in total. The molecule has 2 rings (SSSR count). The first kappa shape index (κ1) is 15.7. The summed E-state index contributed by atoms with van der Waals surface area (Å²) in [5.74, 6) is 0.926. The second-order valence-electron chi connectivity index (χ2n) is 6.22. The van der Waals surface area contributed by atoms with Gasteiger partial charge >= 0.3 is 0 Å². The molecule has 0 radical (unpaired) electrons. The molecule has 1 fully saturated rings. The van der Waals surface area contributed by atoms with Crippen molar-refractivity contribution >= 4 is 17.3 Å². The number of nitrogens with two attached hydrogens (primary N) is 1. The van der Waals surface area contributed by atoms with Crippen molar-refractivity contribution in [1.29, 1.82) is 0 Å². The van der Waals surface area contributed by atoms with Crippen molar-refractivity contribution in [3.8, 4) is 0 Å². The minimum atomic E-state index is 0.00371. The standard InChI is InChI=1S/C17H27N3O/c1-20(2)17(21)14-9-10-15(18)16(12-14)19-11-5-8-13-6-3-4-7-13/h9-10,12-13,19H,3-8,11,18H2,1-2H3. The van der Waals surface area contributed by atoms with Crippen molar-refractivity contribution in [3.63, 3.8) is 0 Å². The summed E-state index contributed by atoms with van der Waals surface area (Å²) < 4.78 is 0. The van der Waals surface area contributed by atoms with E-state index in [1.807, 2.05) is 6.07 Å². The van der Waals surface area contributed by atoms with E-state index in [0.29, 0.717) is 11.3 Å². The summed E-state index contributed by atoms with van der Waals surface area (Å²) >= 11 is 0. The van der Waals surface area contributed by atoms with E-state index in [2.05, 4.69) is 5.32 Å². The Morgan fingerprint density at radius 3 is 2.71 bits per heavy atom. The van der Waals surface area contributed by atoms with Gasteiger partial charge in [-0.15, -0.1) is 0 Å². The summed E-state index contributed by atoms with van der Waals surface area (Å²) in [6.45, 7) is 0.917. The smallest absolute Gasteiger partial charge is 0.253 e. The zero-order valence-corrected chi connectivity index (χ0v) is 13.2. The van der Waals surface area contributed by atoms with Gasteiger partial charge in [-0.3, -0.25) is 4.79 Å². The molecule has 4 heteroatoms. The van der Waals surface area contributed by atoms with Crippen molar-refractivity contribution in [2.45, 2.75) is 38.5 Å². The molecule has 0 bridgehead atoms. The van der Waals surface area contributed by atoms with E-state index in [1.165, 1.54) is 32.1 Å². The maximum absolute atomic E-state index is 12.0. The van der Waals surface area contributed by atoms with E-state index in [9.17, 15) is 4.79 Å². The largest absolute Gasteiger partial charge is 0.397 e. The minimum absolute atomic E-state index is 0.00371. The molecule has 1 amide bonds. The molecule has 0 heterocycles. The first-order valence-electron chi connectivity index (χ1n) is 7.93. The summed E-state index contributed by atoms with van der Waals surface area (Å²) in [5.41, 5.74) is 8.23. The predicted molar refractivity (Wildman–Crippen MR) is 88.6 cm³/mol. The lowest BCUT2D eigenvalue weighted by Crippen LogP contribution is -2.21. The number of nitrogens with one attached hydrogen (secondary N) is 1. The lowest BCUT2D eigenvalue weighted by molar-refractivity contribution is 0.0827. The number of hydrogen-bond donors (Lipinski definition) is 2. The molecule has 1 saturated carbocycles. The maximum atomic E-state index is 12.0. The van der Waals surface area contributed by atoms with Crippen LogP contribution in [-0.2, 0) is 0 Å². The summed E-state index contributed by atoms with van der Waals surface area (Å²) in [6.07, 6.45) is 8.06. The number of rotatable bonds is 6. The average Bonchev–Trinajstić information content (AvgIpc) is 2.97. The predicted octanol–water partition coefficient (Wildman–Crippen LogP) is 3.35. The highest BCUT2D eigenvalue weighted by molar-refractivity contribution is 5.95. The Labute approximate surface area is 127 Å². The van der Waals surface area contributed by atoms with Crippen LogP contribution in [0.1, 0.15) is 48.9 Å². The van der Waals surface area contributed by atoms with Crippen LogP contribution in [0, 0.1) is 5.92 Å². The highest BCUT2D eigenvalue weighted by Gasteiger charge is 2.14. The van der Waals surface area contributed by atoms with Crippen molar-refractivity contribution in [1.82, 2.24) is 4.90 Å². The topological polar surface area (TPSA) is 58.4 Å². The van der Waals surface area contributed by atoms with Gasteiger partial charge in [0.15, 0.2) is 0 Å². The zero-order chi connectivity index (χ0) is 15.2. The molecule has 1 aromatic rings. The Kier molecular flexibility index (Phi) is 5.48. The van der Waals surface area contributed by atoms with Crippen LogP contribution >= 0.6 is 0 Å². The van der Waals surface area contributed by atoms with E-state index in [1.54, 1.807) is 31.1 Å². The summed E-state index contributed by atoms with van der Waals surface area (Å²) in [6, 6.07) is 5.44. The second kappa shape index (κ2) is 7.34. The number of carbonyl (C=O) groups excluding carboxylic acids is 1. The maximum Gasteiger partial charge on any atom is 0.253 e. The van der Waals surface area contributed by atoms with Gasteiger partial charge in [0, 0.05) is 26.2 Å². The molecular formula is C17H27N3O. The molecule has 1 aromatic carbocycles. The van der Waals surface area contributed by atoms with Gasteiger partial charge in [0.25, 0.3) is 5.91 Å². The SMILES string of the molecule is CN(C)C(=O)c1ccc(N)c(NCCCC2CCCC2)c1. The lowest BCUT2D eigenvalue weighted by Gasteiger charge is -2.14. The third-order valence-electron chi connectivity index (χ3n) is 4.29. The van der Waals surface area contributed by atoms with Crippen molar-refractivity contribution in [3.05, 3.63) is 23.8 Å². The third-order valence-corrected chi connectivity index (χ3v) is 4.29. The lowest BCUT2D eigenvalue weighted by atomic mass is 10.0. The van der Waals surface area contributed by atoms with Crippen LogP contribution in [0.3, 0.4) is 0 Å². The Balaban J connectivity index is 1.86. The van der Waals surface area contributed by atoms with Crippen molar-refractivity contribution in [2.24, 2.45) is 5.92 Å². The number of carbonyl (C=O) groups is 1. The fourth-order valence-corrected chi connectivity index (χ4v) is 3.01. The van der Waals surface area contributed by atoms with E-state index in [4.69, 9.17) is 5.73 Å². The van der Waals surface area contributed by atoms with E-state index in [-0.39, 0.29) is 5.91 Å². The second-order valence-corrected chi connectivity index (χ2v) is 6.22. The Hall–Kier alpha value is -1.71. The van der Waals surface area contributed by atoms with Crippen LogP contribution in [0.15, 0.2) is 18.2 Å². The molecule has 3 N–H and O–H groups in total. The number of anilines is 2. The summed E-state index contributed by atoms with van der Waals surface area (Å²) in [4.78, 5) is 13.5. The van der Waals surface area contributed by atoms with Crippen molar-refractivity contribution < 1.29 is 4.79 Å². The van der Waals surface area contributed by atoms with Crippen LogP contribution in [-0.4, -0.2) is 31.4 Å². The van der Waals surface area contributed by atoms with Gasteiger partial charge in [-0.25, -0.2) is 0 Å². The molecule has 1 aliphatic rings. The molecule has 116 valence electrons.